The maximum atomic E-state index is 12.7. The minimum atomic E-state index is -0.815. The summed E-state index contributed by atoms with van der Waals surface area (Å²) in [6.07, 6.45) is 2.09. The average molecular weight is 308 g/mol. The zero-order chi connectivity index (χ0) is 15.3. The van der Waals surface area contributed by atoms with E-state index in [0.29, 0.717) is 6.54 Å². The number of fused-ring (bicyclic) bond motifs is 1. The number of carbonyl (C=O) groups is 1. The third-order valence-corrected chi connectivity index (χ3v) is 6.28. The van der Waals surface area contributed by atoms with E-state index in [1.54, 1.807) is 11.3 Å². The molecule has 3 rings (SSSR count). The van der Waals surface area contributed by atoms with Crippen LogP contribution in [0.1, 0.15) is 36.4 Å². The van der Waals surface area contributed by atoms with Crippen LogP contribution in [0, 0.1) is 18.3 Å². The molecule has 0 radical (unpaired) electrons. The van der Waals surface area contributed by atoms with Crippen LogP contribution in [-0.2, 0) is 16.1 Å². The van der Waals surface area contributed by atoms with Crippen molar-refractivity contribution in [2.45, 2.75) is 51.8 Å². The Morgan fingerprint density at radius 2 is 2.29 bits per heavy atom. The first-order chi connectivity index (χ1) is 9.87. The molecule has 3 unspecified atom stereocenters. The topological polar surface area (TPSA) is 64.4 Å². The number of amides is 1. The Morgan fingerprint density at radius 1 is 1.52 bits per heavy atom. The molecule has 21 heavy (non-hydrogen) atoms. The molecule has 1 aromatic heterocycles. The van der Waals surface area contributed by atoms with Gasteiger partial charge < -0.3 is 15.8 Å². The first-order valence-electron chi connectivity index (χ1n) is 7.61. The second-order valence-corrected chi connectivity index (χ2v) is 8.20. The van der Waals surface area contributed by atoms with Crippen LogP contribution in [0.15, 0.2) is 12.1 Å². The number of aryl methyl sites for hydroxylation is 1. The number of hydrogen-bond donors (Lipinski definition) is 2. The van der Waals surface area contributed by atoms with Gasteiger partial charge in [0.2, 0.25) is 5.91 Å². The molecule has 0 bridgehead atoms. The Morgan fingerprint density at radius 3 is 2.95 bits per heavy atom. The van der Waals surface area contributed by atoms with E-state index in [1.165, 1.54) is 4.88 Å². The quantitative estimate of drug-likeness (QED) is 0.900. The summed E-state index contributed by atoms with van der Waals surface area (Å²) in [5.74, 6) is 0.108. The van der Waals surface area contributed by atoms with Crippen LogP contribution in [0.3, 0.4) is 0 Å². The highest BCUT2D eigenvalue weighted by Gasteiger charge is 2.70. The highest BCUT2D eigenvalue weighted by molar-refractivity contribution is 7.11. The molecule has 2 heterocycles. The van der Waals surface area contributed by atoms with E-state index in [0.717, 1.165) is 24.3 Å². The molecule has 0 spiro atoms. The Hall–Kier alpha value is -0.910. The lowest BCUT2D eigenvalue weighted by Gasteiger charge is -2.65. The fourth-order valence-corrected chi connectivity index (χ4v) is 4.76. The van der Waals surface area contributed by atoms with E-state index in [2.05, 4.69) is 24.4 Å². The van der Waals surface area contributed by atoms with Crippen molar-refractivity contribution < 1.29 is 9.53 Å². The molecule has 1 amide bonds. The van der Waals surface area contributed by atoms with Gasteiger partial charge in [-0.05, 0) is 31.9 Å². The van der Waals surface area contributed by atoms with E-state index in [9.17, 15) is 4.79 Å². The van der Waals surface area contributed by atoms with Crippen LogP contribution in [0.4, 0.5) is 0 Å². The molecule has 1 aliphatic heterocycles. The highest BCUT2D eigenvalue weighted by atomic mass is 32.1. The molecule has 1 aliphatic carbocycles. The van der Waals surface area contributed by atoms with E-state index in [4.69, 9.17) is 10.5 Å². The second-order valence-electron chi connectivity index (χ2n) is 6.83. The number of carbonyl (C=O) groups excluding carboxylic acids is 1. The smallest absolute Gasteiger partial charge is 0.241 e. The van der Waals surface area contributed by atoms with Crippen LogP contribution in [0.5, 0.6) is 0 Å². The Labute approximate surface area is 130 Å². The maximum absolute atomic E-state index is 12.7. The molecule has 1 aromatic rings. The molecule has 3 N–H and O–H groups in total. The fourth-order valence-electron chi connectivity index (χ4n) is 3.93. The van der Waals surface area contributed by atoms with Gasteiger partial charge in [-0.15, -0.1) is 11.3 Å². The predicted molar refractivity (Wildman–Crippen MR) is 84.1 cm³/mol. The number of nitrogens with two attached hydrogens (primary N) is 1. The van der Waals surface area contributed by atoms with Crippen molar-refractivity contribution in [3.05, 3.63) is 21.9 Å². The van der Waals surface area contributed by atoms with Gasteiger partial charge in [0.25, 0.3) is 0 Å². The molecule has 2 aliphatic rings. The van der Waals surface area contributed by atoms with Crippen molar-refractivity contribution in [1.82, 2.24) is 5.32 Å². The Bertz CT molecular complexity index is 554. The molecule has 4 nitrogen and oxygen atoms in total. The minimum absolute atomic E-state index is 0.0368. The zero-order valence-electron chi connectivity index (χ0n) is 12.9. The normalized spacial score (nSPS) is 33.9. The van der Waals surface area contributed by atoms with Gasteiger partial charge in [0.1, 0.15) is 5.54 Å². The second kappa shape index (κ2) is 5.07. The van der Waals surface area contributed by atoms with Gasteiger partial charge in [-0.25, -0.2) is 0 Å². The van der Waals surface area contributed by atoms with E-state index in [-0.39, 0.29) is 23.3 Å². The van der Waals surface area contributed by atoms with Crippen LogP contribution in [0.25, 0.3) is 0 Å². The lowest BCUT2D eigenvalue weighted by Crippen LogP contribution is -2.82. The predicted octanol–water partition coefficient (Wildman–Crippen LogP) is 2.21. The summed E-state index contributed by atoms with van der Waals surface area (Å²) >= 11 is 1.71. The average Bonchev–Trinajstić information content (AvgIpc) is 2.89. The van der Waals surface area contributed by atoms with Crippen molar-refractivity contribution in [3.63, 3.8) is 0 Å². The summed E-state index contributed by atoms with van der Waals surface area (Å²) < 4.78 is 5.85. The van der Waals surface area contributed by atoms with Crippen LogP contribution in [0.2, 0.25) is 0 Å². The molecule has 2 fully saturated rings. The molecular formula is C16H24N2O2S. The van der Waals surface area contributed by atoms with E-state index >= 15 is 0 Å². The zero-order valence-corrected chi connectivity index (χ0v) is 13.8. The van der Waals surface area contributed by atoms with Gasteiger partial charge >= 0.3 is 0 Å². The molecule has 1 saturated heterocycles. The molecule has 1 saturated carbocycles. The number of hydrogen-bond acceptors (Lipinski definition) is 4. The van der Waals surface area contributed by atoms with Gasteiger partial charge in [-0.3, -0.25) is 4.79 Å². The van der Waals surface area contributed by atoms with Gasteiger partial charge in [0.15, 0.2) is 0 Å². The summed E-state index contributed by atoms with van der Waals surface area (Å²) in [5, 5.41) is 3.03. The maximum Gasteiger partial charge on any atom is 0.241 e. The number of thiophene rings is 1. The lowest BCUT2D eigenvalue weighted by molar-refractivity contribution is -0.225. The number of rotatable bonds is 3. The first-order valence-corrected chi connectivity index (χ1v) is 8.43. The summed E-state index contributed by atoms with van der Waals surface area (Å²) in [7, 11) is 0. The van der Waals surface area contributed by atoms with Crippen LogP contribution in [-0.4, -0.2) is 24.2 Å². The van der Waals surface area contributed by atoms with E-state index < -0.39 is 5.54 Å². The molecule has 5 heteroatoms. The van der Waals surface area contributed by atoms with Crippen molar-refractivity contribution in [3.8, 4) is 0 Å². The number of nitrogens with one attached hydrogen (secondary N) is 1. The van der Waals surface area contributed by atoms with Crippen molar-refractivity contribution in [2.24, 2.45) is 17.1 Å². The Kier molecular flexibility index (Phi) is 3.62. The Balaban J connectivity index is 1.70. The van der Waals surface area contributed by atoms with Gasteiger partial charge in [-0.1, -0.05) is 13.8 Å². The third-order valence-electron chi connectivity index (χ3n) is 5.28. The van der Waals surface area contributed by atoms with Crippen molar-refractivity contribution in [2.75, 3.05) is 6.61 Å². The largest absolute Gasteiger partial charge is 0.377 e. The fraction of sp³-hybridized carbons (Fsp3) is 0.688. The van der Waals surface area contributed by atoms with E-state index in [1.807, 2.05) is 13.8 Å². The van der Waals surface area contributed by atoms with Crippen molar-refractivity contribution in [1.29, 1.82) is 0 Å². The summed E-state index contributed by atoms with van der Waals surface area (Å²) in [6.45, 7) is 7.52. The van der Waals surface area contributed by atoms with Gasteiger partial charge in [-0.2, -0.15) is 0 Å². The standard InChI is InChI=1S/C16H24N2O2S/c1-10-6-7-11(21-10)9-18-14(19)16(17)12-5-4-8-20-13(12)15(16,2)3/h6-7,12-13H,4-5,8-9,17H2,1-3H3,(H,18,19). The van der Waals surface area contributed by atoms with Crippen molar-refractivity contribution >= 4 is 17.2 Å². The van der Waals surface area contributed by atoms with Gasteiger partial charge in [0, 0.05) is 27.7 Å². The minimum Gasteiger partial charge on any atom is -0.377 e. The first kappa shape index (κ1) is 15.0. The molecule has 0 aromatic carbocycles. The molecular weight excluding hydrogens is 284 g/mol. The summed E-state index contributed by atoms with van der Waals surface area (Å²) in [6, 6.07) is 4.13. The monoisotopic (exact) mass is 308 g/mol. The molecule has 3 atom stereocenters. The van der Waals surface area contributed by atoms with Gasteiger partial charge in [0.05, 0.1) is 12.6 Å². The van der Waals surface area contributed by atoms with Crippen LogP contribution < -0.4 is 11.1 Å². The summed E-state index contributed by atoms with van der Waals surface area (Å²) in [4.78, 5) is 15.1. The number of ether oxygens (including phenoxy) is 1. The van der Waals surface area contributed by atoms with Crippen LogP contribution >= 0.6 is 11.3 Å². The highest BCUT2D eigenvalue weighted by Crippen LogP contribution is 2.57. The summed E-state index contributed by atoms with van der Waals surface area (Å²) in [5.41, 5.74) is 5.43. The third kappa shape index (κ3) is 2.14. The molecule has 116 valence electrons. The SMILES string of the molecule is Cc1ccc(CNC(=O)C2(N)C3CCCOC3C2(C)C)s1. The lowest BCUT2D eigenvalue weighted by atomic mass is 9.46.